The van der Waals surface area contributed by atoms with Crippen molar-refractivity contribution in [1.82, 2.24) is 19.2 Å². The van der Waals surface area contributed by atoms with Crippen LogP contribution >= 0.6 is 0 Å². The molecule has 1 aliphatic carbocycles. The Kier molecular flexibility index (Phi) is 2.84. The Morgan fingerprint density at radius 1 is 1.10 bits per heavy atom. The van der Waals surface area contributed by atoms with Gasteiger partial charge in [-0.15, -0.1) is 0 Å². The molecule has 0 radical (unpaired) electrons. The highest BCUT2D eigenvalue weighted by atomic mass is 16.1. The van der Waals surface area contributed by atoms with Crippen LogP contribution in [0.5, 0.6) is 0 Å². The molecule has 0 unspecified atom stereocenters. The van der Waals surface area contributed by atoms with E-state index in [0.29, 0.717) is 5.78 Å². The molecule has 3 aromatic rings. The van der Waals surface area contributed by atoms with Gasteiger partial charge in [0.1, 0.15) is 6.33 Å². The summed E-state index contributed by atoms with van der Waals surface area (Å²) in [5.74, 6) is 0.643. The predicted octanol–water partition coefficient (Wildman–Crippen LogP) is 1.82. The predicted molar refractivity (Wildman–Crippen MR) is 79.4 cm³/mol. The van der Waals surface area contributed by atoms with Crippen molar-refractivity contribution in [2.24, 2.45) is 0 Å². The van der Waals surface area contributed by atoms with E-state index < -0.39 is 0 Å². The largest absolute Gasteiger partial charge is 0.309 e. The van der Waals surface area contributed by atoms with Crippen LogP contribution in [0.1, 0.15) is 29.7 Å². The van der Waals surface area contributed by atoms with E-state index in [2.05, 4.69) is 26.8 Å². The lowest BCUT2D eigenvalue weighted by Crippen LogP contribution is -2.29. The van der Waals surface area contributed by atoms with Gasteiger partial charge in [-0.2, -0.15) is 14.6 Å². The zero-order chi connectivity index (χ0) is 14.2. The summed E-state index contributed by atoms with van der Waals surface area (Å²) in [6.45, 7) is 0.728. The maximum Gasteiger partial charge on any atom is 0.279 e. The highest BCUT2D eigenvalue weighted by molar-refractivity contribution is 5.37. The molecule has 0 N–H and O–H groups in total. The van der Waals surface area contributed by atoms with Crippen LogP contribution in [0, 0.1) is 0 Å². The lowest BCUT2D eigenvalue weighted by molar-refractivity contribution is 0.596. The van der Waals surface area contributed by atoms with E-state index in [4.69, 9.17) is 0 Å². The molecule has 0 saturated heterocycles. The van der Waals surface area contributed by atoms with Crippen LogP contribution in [-0.2, 0) is 19.4 Å². The molecular weight excluding hydrogens is 264 g/mol. The fourth-order valence-corrected chi connectivity index (χ4v) is 3.16. The molecule has 4 rings (SSSR count). The smallest absolute Gasteiger partial charge is 0.279 e. The fourth-order valence-electron chi connectivity index (χ4n) is 3.16. The SMILES string of the molecule is O=c1c2c(n(Cc3ccccc3)c3ncnn13)CCCC2. The number of nitrogens with zero attached hydrogens (tertiary/aromatic N) is 4. The van der Waals surface area contributed by atoms with Gasteiger partial charge in [-0.1, -0.05) is 30.3 Å². The molecule has 0 atom stereocenters. The maximum atomic E-state index is 12.5. The molecule has 0 amide bonds. The Morgan fingerprint density at radius 2 is 1.90 bits per heavy atom. The highest BCUT2D eigenvalue weighted by Gasteiger charge is 2.21. The summed E-state index contributed by atoms with van der Waals surface area (Å²) in [4.78, 5) is 16.8. The van der Waals surface area contributed by atoms with Crippen LogP contribution in [0.25, 0.3) is 5.78 Å². The lowest BCUT2D eigenvalue weighted by Gasteiger charge is -2.21. The fraction of sp³-hybridized carbons (Fsp3) is 0.312. The summed E-state index contributed by atoms with van der Waals surface area (Å²) >= 11 is 0. The third-order valence-corrected chi connectivity index (χ3v) is 4.17. The second-order valence-electron chi connectivity index (χ2n) is 5.48. The van der Waals surface area contributed by atoms with Gasteiger partial charge in [0.25, 0.3) is 5.56 Å². The van der Waals surface area contributed by atoms with Gasteiger partial charge in [0.2, 0.25) is 5.78 Å². The third kappa shape index (κ3) is 1.96. The normalized spacial score (nSPS) is 14.3. The molecular formula is C16H16N4O. The number of hydrogen-bond acceptors (Lipinski definition) is 3. The molecule has 1 aliphatic rings. The molecule has 0 bridgehead atoms. The van der Waals surface area contributed by atoms with E-state index in [1.165, 1.54) is 16.4 Å². The number of aromatic nitrogens is 4. The quantitative estimate of drug-likeness (QED) is 0.719. The number of hydrogen-bond donors (Lipinski definition) is 0. The van der Waals surface area contributed by atoms with Crippen molar-refractivity contribution in [1.29, 1.82) is 0 Å². The van der Waals surface area contributed by atoms with Gasteiger partial charge in [-0.05, 0) is 31.2 Å². The van der Waals surface area contributed by atoms with Crippen molar-refractivity contribution in [3.63, 3.8) is 0 Å². The summed E-state index contributed by atoms with van der Waals surface area (Å²) in [5, 5.41) is 4.10. The molecule has 2 heterocycles. The average molecular weight is 280 g/mol. The Bertz CT molecular complexity index is 848. The van der Waals surface area contributed by atoms with Crippen molar-refractivity contribution < 1.29 is 0 Å². The minimum Gasteiger partial charge on any atom is -0.309 e. The summed E-state index contributed by atoms with van der Waals surface area (Å²) in [6.07, 6.45) is 5.46. The number of fused-ring (bicyclic) bond motifs is 2. The van der Waals surface area contributed by atoms with E-state index in [1.807, 2.05) is 18.2 Å². The Balaban J connectivity index is 1.96. The standard InChI is InChI=1S/C16H16N4O/c21-15-13-8-4-5-9-14(13)19(16-17-11-18-20(15)16)10-12-6-2-1-3-7-12/h1-3,6-7,11H,4-5,8-10H2. The zero-order valence-corrected chi connectivity index (χ0v) is 11.7. The molecule has 0 fully saturated rings. The minimum atomic E-state index is 0.00140. The van der Waals surface area contributed by atoms with Gasteiger partial charge >= 0.3 is 0 Å². The Labute approximate surface area is 121 Å². The first-order valence-corrected chi connectivity index (χ1v) is 7.33. The van der Waals surface area contributed by atoms with E-state index in [9.17, 15) is 4.79 Å². The summed E-state index contributed by atoms with van der Waals surface area (Å²) in [5.41, 5.74) is 3.26. The first-order chi connectivity index (χ1) is 10.3. The topological polar surface area (TPSA) is 52.2 Å². The van der Waals surface area contributed by atoms with E-state index in [-0.39, 0.29) is 5.56 Å². The van der Waals surface area contributed by atoms with Crippen LogP contribution < -0.4 is 5.56 Å². The van der Waals surface area contributed by atoms with Crippen LogP contribution in [0.2, 0.25) is 0 Å². The van der Waals surface area contributed by atoms with Gasteiger partial charge in [0.15, 0.2) is 0 Å². The van der Waals surface area contributed by atoms with E-state index in [1.54, 1.807) is 0 Å². The van der Waals surface area contributed by atoms with Crippen molar-refractivity contribution in [2.45, 2.75) is 32.2 Å². The van der Waals surface area contributed by atoms with Gasteiger partial charge in [0, 0.05) is 11.3 Å². The van der Waals surface area contributed by atoms with Crippen LogP contribution in [-0.4, -0.2) is 19.2 Å². The number of benzene rings is 1. The molecule has 0 saturated carbocycles. The van der Waals surface area contributed by atoms with Crippen molar-refractivity contribution in [3.8, 4) is 0 Å². The summed E-state index contributed by atoms with van der Waals surface area (Å²) in [6, 6.07) is 10.3. The van der Waals surface area contributed by atoms with E-state index >= 15 is 0 Å². The third-order valence-electron chi connectivity index (χ3n) is 4.17. The molecule has 2 aromatic heterocycles. The molecule has 5 heteroatoms. The van der Waals surface area contributed by atoms with Crippen LogP contribution in [0.15, 0.2) is 41.5 Å². The Morgan fingerprint density at radius 3 is 2.76 bits per heavy atom. The molecule has 0 spiro atoms. The second-order valence-corrected chi connectivity index (χ2v) is 5.48. The van der Waals surface area contributed by atoms with Gasteiger partial charge in [-0.25, -0.2) is 0 Å². The van der Waals surface area contributed by atoms with Crippen molar-refractivity contribution in [2.75, 3.05) is 0 Å². The maximum absolute atomic E-state index is 12.5. The van der Waals surface area contributed by atoms with E-state index in [0.717, 1.165) is 43.5 Å². The lowest BCUT2D eigenvalue weighted by atomic mass is 9.96. The first kappa shape index (κ1) is 12.3. The van der Waals surface area contributed by atoms with Gasteiger partial charge in [0.05, 0.1) is 6.54 Å². The van der Waals surface area contributed by atoms with Crippen molar-refractivity contribution in [3.05, 3.63) is 63.8 Å². The van der Waals surface area contributed by atoms with Crippen molar-refractivity contribution >= 4 is 5.78 Å². The molecule has 21 heavy (non-hydrogen) atoms. The molecule has 5 nitrogen and oxygen atoms in total. The van der Waals surface area contributed by atoms with Crippen LogP contribution in [0.3, 0.4) is 0 Å². The first-order valence-electron chi connectivity index (χ1n) is 7.33. The highest BCUT2D eigenvalue weighted by Crippen LogP contribution is 2.20. The monoisotopic (exact) mass is 280 g/mol. The average Bonchev–Trinajstić information content (AvgIpc) is 3.02. The molecule has 1 aromatic carbocycles. The molecule has 106 valence electrons. The van der Waals surface area contributed by atoms with Crippen LogP contribution in [0.4, 0.5) is 0 Å². The summed E-state index contributed by atoms with van der Waals surface area (Å²) in [7, 11) is 0. The second kappa shape index (κ2) is 4.84. The summed E-state index contributed by atoms with van der Waals surface area (Å²) < 4.78 is 3.59. The zero-order valence-electron chi connectivity index (χ0n) is 11.7. The minimum absolute atomic E-state index is 0.00140. The molecule has 0 aliphatic heterocycles. The van der Waals surface area contributed by atoms with Gasteiger partial charge < -0.3 is 4.57 Å². The number of rotatable bonds is 2. The Hall–Kier alpha value is -2.43. The van der Waals surface area contributed by atoms with Gasteiger partial charge in [-0.3, -0.25) is 4.79 Å².